The zero-order chi connectivity index (χ0) is 14.6. The number of primary sulfonamides is 1. The van der Waals surface area contributed by atoms with E-state index in [1.54, 1.807) is 12.1 Å². The van der Waals surface area contributed by atoms with Crippen molar-refractivity contribution in [3.63, 3.8) is 0 Å². The van der Waals surface area contributed by atoms with Crippen LogP contribution in [0.15, 0.2) is 29.2 Å². The van der Waals surface area contributed by atoms with Gasteiger partial charge in [0.2, 0.25) is 15.9 Å². The van der Waals surface area contributed by atoms with Crippen molar-refractivity contribution in [2.75, 3.05) is 6.54 Å². The lowest BCUT2D eigenvalue weighted by molar-refractivity contribution is -0.123. The summed E-state index contributed by atoms with van der Waals surface area (Å²) in [6.07, 6.45) is 2.98. The number of amides is 1. The first-order chi connectivity index (χ1) is 9.47. The van der Waals surface area contributed by atoms with Gasteiger partial charge in [0, 0.05) is 6.54 Å². The molecule has 118 valence electrons. The highest BCUT2D eigenvalue weighted by Crippen LogP contribution is 2.10. The monoisotopic (exact) mass is 333 g/mol. The van der Waals surface area contributed by atoms with Gasteiger partial charge in [-0.1, -0.05) is 18.6 Å². The molecular weight excluding hydrogens is 314 g/mol. The van der Waals surface area contributed by atoms with Crippen LogP contribution in [0, 0.1) is 0 Å². The van der Waals surface area contributed by atoms with E-state index in [1.165, 1.54) is 12.1 Å². The smallest absolute Gasteiger partial charge is 0.238 e. The fraction of sp³-hybridized carbons (Fsp3) is 0.462. The largest absolute Gasteiger partial charge is 0.351 e. The van der Waals surface area contributed by atoms with Crippen LogP contribution in [0.5, 0.6) is 0 Å². The molecule has 6 nitrogen and oxygen atoms in total. The van der Waals surface area contributed by atoms with Crippen LogP contribution >= 0.6 is 12.4 Å². The molecule has 8 heteroatoms. The van der Waals surface area contributed by atoms with Crippen LogP contribution in [0.25, 0.3) is 0 Å². The molecule has 1 atom stereocenters. The van der Waals surface area contributed by atoms with E-state index in [4.69, 9.17) is 5.14 Å². The molecule has 0 aromatic heterocycles. The minimum Gasteiger partial charge on any atom is -0.351 e. The maximum atomic E-state index is 11.9. The van der Waals surface area contributed by atoms with Crippen LogP contribution in [0.1, 0.15) is 24.8 Å². The normalized spacial score (nSPS) is 18.6. The summed E-state index contributed by atoms with van der Waals surface area (Å²) >= 11 is 0. The molecule has 0 unspecified atom stereocenters. The topological polar surface area (TPSA) is 101 Å². The number of benzene rings is 1. The van der Waals surface area contributed by atoms with Gasteiger partial charge in [-0.25, -0.2) is 13.6 Å². The average molecular weight is 334 g/mol. The Morgan fingerprint density at radius 2 is 2.14 bits per heavy atom. The average Bonchev–Trinajstić information content (AvgIpc) is 2.45. The molecule has 0 spiro atoms. The highest BCUT2D eigenvalue weighted by molar-refractivity contribution is 7.89. The minimum atomic E-state index is -3.71. The zero-order valence-electron chi connectivity index (χ0n) is 11.5. The number of nitrogens with two attached hydrogens (primary N) is 1. The first-order valence-electron chi connectivity index (χ1n) is 6.59. The number of hydrogen-bond donors (Lipinski definition) is 3. The summed E-state index contributed by atoms with van der Waals surface area (Å²) in [7, 11) is -3.71. The van der Waals surface area contributed by atoms with Gasteiger partial charge in [-0.05, 0) is 37.1 Å². The van der Waals surface area contributed by atoms with Gasteiger partial charge >= 0.3 is 0 Å². The summed E-state index contributed by atoms with van der Waals surface area (Å²) in [6, 6.07) is 6.13. The SMILES string of the molecule is Cl.NS(=O)(=O)c1cccc(CNC(=O)[C@H]2CCCCN2)c1. The Kier molecular flexibility index (Phi) is 6.60. The molecule has 0 bridgehead atoms. The molecule has 1 aliphatic heterocycles. The Labute approximate surface area is 130 Å². The third-order valence-electron chi connectivity index (χ3n) is 3.32. The molecule has 1 amide bonds. The van der Waals surface area contributed by atoms with E-state index in [0.717, 1.165) is 25.8 Å². The van der Waals surface area contributed by atoms with E-state index in [2.05, 4.69) is 10.6 Å². The van der Waals surface area contributed by atoms with Gasteiger partial charge in [-0.3, -0.25) is 4.79 Å². The van der Waals surface area contributed by atoms with Crippen molar-refractivity contribution in [2.45, 2.75) is 36.7 Å². The molecule has 1 saturated heterocycles. The van der Waals surface area contributed by atoms with E-state index in [0.29, 0.717) is 12.1 Å². The van der Waals surface area contributed by atoms with E-state index < -0.39 is 10.0 Å². The summed E-state index contributed by atoms with van der Waals surface area (Å²) in [4.78, 5) is 12.0. The van der Waals surface area contributed by atoms with E-state index in [-0.39, 0.29) is 29.3 Å². The van der Waals surface area contributed by atoms with Gasteiger partial charge in [-0.15, -0.1) is 12.4 Å². The molecule has 1 aromatic rings. The van der Waals surface area contributed by atoms with Crippen LogP contribution in [0.4, 0.5) is 0 Å². The molecule has 0 radical (unpaired) electrons. The molecule has 4 N–H and O–H groups in total. The Bertz CT molecular complexity index is 586. The van der Waals surface area contributed by atoms with Crippen LogP contribution < -0.4 is 15.8 Å². The number of carbonyl (C=O) groups excluding carboxylic acids is 1. The summed E-state index contributed by atoms with van der Waals surface area (Å²) in [6.45, 7) is 1.15. The van der Waals surface area contributed by atoms with Crippen LogP contribution in [-0.2, 0) is 21.4 Å². The van der Waals surface area contributed by atoms with Crippen molar-refractivity contribution < 1.29 is 13.2 Å². The maximum absolute atomic E-state index is 11.9. The second-order valence-corrected chi connectivity index (χ2v) is 6.47. The molecular formula is C13H20ClN3O3S. The highest BCUT2D eigenvalue weighted by atomic mass is 35.5. The fourth-order valence-corrected chi connectivity index (χ4v) is 2.80. The van der Waals surface area contributed by atoms with Crippen molar-refractivity contribution >= 4 is 28.3 Å². The second-order valence-electron chi connectivity index (χ2n) is 4.91. The van der Waals surface area contributed by atoms with Crippen molar-refractivity contribution in [3.8, 4) is 0 Å². The number of rotatable bonds is 4. The van der Waals surface area contributed by atoms with Gasteiger partial charge in [0.05, 0.1) is 10.9 Å². The summed E-state index contributed by atoms with van der Waals surface area (Å²) < 4.78 is 22.5. The molecule has 1 aliphatic rings. The Morgan fingerprint density at radius 3 is 2.76 bits per heavy atom. The molecule has 21 heavy (non-hydrogen) atoms. The first-order valence-corrected chi connectivity index (χ1v) is 8.14. The predicted molar refractivity (Wildman–Crippen MR) is 82.6 cm³/mol. The number of hydrogen-bond acceptors (Lipinski definition) is 4. The molecule has 0 saturated carbocycles. The number of nitrogens with one attached hydrogen (secondary N) is 2. The van der Waals surface area contributed by atoms with Crippen molar-refractivity contribution in [3.05, 3.63) is 29.8 Å². The quantitative estimate of drug-likeness (QED) is 0.747. The van der Waals surface area contributed by atoms with E-state index in [1.807, 2.05) is 0 Å². The van der Waals surface area contributed by atoms with Crippen molar-refractivity contribution in [1.29, 1.82) is 0 Å². The van der Waals surface area contributed by atoms with Crippen LogP contribution in [0.2, 0.25) is 0 Å². The molecule has 2 rings (SSSR count). The zero-order valence-corrected chi connectivity index (χ0v) is 13.2. The first kappa shape index (κ1) is 17.9. The van der Waals surface area contributed by atoms with Gasteiger partial charge in [0.1, 0.15) is 0 Å². The lowest BCUT2D eigenvalue weighted by Gasteiger charge is -2.22. The van der Waals surface area contributed by atoms with Crippen molar-refractivity contribution in [1.82, 2.24) is 10.6 Å². The molecule has 1 aromatic carbocycles. The Hall–Kier alpha value is -1.15. The van der Waals surface area contributed by atoms with Gasteiger partial charge in [-0.2, -0.15) is 0 Å². The highest BCUT2D eigenvalue weighted by Gasteiger charge is 2.20. The summed E-state index contributed by atoms with van der Waals surface area (Å²) in [5.41, 5.74) is 0.709. The third-order valence-corrected chi connectivity index (χ3v) is 4.23. The molecule has 1 fully saturated rings. The third kappa shape index (κ3) is 5.28. The molecule has 1 heterocycles. The van der Waals surface area contributed by atoms with Gasteiger partial charge in [0.15, 0.2) is 0 Å². The minimum absolute atomic E-state index is 0. The van der Waals surface area contributed by atoms with Gasteiger partial charge < -0.3 is 10.6 Å². The number of carbonyl (C=O) groups is 1. The van der Waals surface area contributed by atoms with E-state index in [9.17, 15) is 13.2 Å². The van der Waals surface area contributed by atoms with E-state index >= 15 is 0 Å². The number of halogens is 1. The fourth-order valence-electron chi connectivity index (χ4n) is 2.22. The van der Waals surface area contributed by atoms with Crippen LogP contribution in [0.3, 0.4) is 0 Å². The Balaban J connectivity index is 0.00000220. The summed E-state index contributed by atoms with van der Waals surface area (Å²) in [5.74, 6) is -0.0503. The van der Waals surface area contributed by atoms with Gasteiger partial charge in [0.25, 0.3) is 0 Å². The molecule has 0 aliphatic carbocycles. The lowest BCUT2D eigenvalue weighted by atomic mass is 10.0. The lowest BCUT2D eigenvalue weighted by Crippen LogP contribution is -2.46. The predicted octanol–water partition coefficient (Wildman–Crippen LogP) is 0.514. The second kappa shape index (κ2) is 7.74. The van der Waals surface area contributed by atoms with Crippen LogP contribution in [-0.4, -0.2) is 26.9 Å². The summed E-state index contributed by atoms with van der Waals surface area (Å²) in [5, 5.41) is 11.0. The Morgan fingerprint density at radius 1 is 1.38 bits per heavy atom. The number of piperidine rings is 1. The standard InChI is InChI=1S/C13H19N3O3S.ClH/c14-20(18,19)11-5-3-4-10(8-11)9-16-13(17)12-6-1-2-7-15-12;/h3-5,8,12,15H,1-2,6-7,9H2,(H,16,17)(H2,14,18,19);1H/t12-;/m1./s1. The number of sulfonamides is 1. The maximum Gasteiger partial charge on any atom is 0.238 e. The van der Waals surface area contributed by atoms with Crippen molar-refractivity contribution in [2.24, 2.45) is 5.14 Å².